The quantitative estimate of drug-likeness (QED) is 0.804. The van der Waals surface area contributed by atoms with Crippen LogP contribution in [0.1, 0.15) is 22.4 Å². The van der Waals surface area contributed by atoms with Crippen LogP contribution in [-0.2, 0) is 17.6 Å². The molecule has 0 bridgehead atoms. The van der Waals surface area contributed by atoms with E-state index in [2.05, 4.69) is 36.5 Å². The number of rotatable bonds is 6. The summed E-state index contributed by atoms with van der Waals surface area (Å²) in [6, 6.07) is 12.5. The van der Waals surface area contributed by atoms with Crippen LogP contribution in [0.4, 0.5) is 0 Å². The van der Waals surface area contributed by atoms with Gasteiger partial charge >= 0.3 is 0 Å². The van der Waals surface area contributed by atoms with Crippen LogP contribution in [0.25, 0.3) is 0 Å². The average molecular weight is 273 g/mol. The second-order valence-electron chi connectivity index (χ2n) is 4.70. The third-order valence-electron chi connectivity index (χ3n) is 2.96. The van der Waals surface area contributed by atoms with Crippen molar-refractivity contribution < 1.29 is 4.79 Å². The standard InChI is InChI=1S/C16H19NOS/c1-13-5-2-6-14(11-13)7-3-9-17-16(18)12-15-8-4-10-19-15/h2,4-6,8,10-11H,3,7,9,12H2,1H3,(H,17,18). The van der Waals surface area contributed by atoms with Gasteiger partial charge in [0.2, 0.25) is 5.91 Å². The van der Waals surface area contributed by atoms with Gasteiger partial charge in [-0.2, -0.15) is 0 Å². The molecule has 1 N–H and O–H groups in total. The van der Waals surface area contributed by atoms with Gasteiger partial charge in [-0.1, -0.05) is 35.9 Å². The van der Waals surface area contributed by atoms with Crippen LogP contribution in [0.2, 0.25) is 0 Å². The molecule has 0 radical (unpaired) electrons. The van der Waals surface area contributed by atoms with Crippen LogP contribution in [0, 0.1) is 6.92 Å². The van der Waals surface area contributed by atoms with E-state index in [0.717, 1.165) is 24.3 Å². The van der Waals surface area contributed by atoms with Crippen molar-refractivity contribution >= 4 is 17.2 Å². The van der Waals surface area contributed by atoms with Crippen LogP contribution in [0.15, 0.2) is 41.8 Å². The van der Waals surface area contributed by atoms with Gasteiger partial charge in [0.1, 0.15) is 0 Å². The lowest BCUT2D eigenvalue weighted by Gasteiger charge is -2.05. The van der Waals surface area contributed by atoms with Gasteiger partial charge in [0, 0.05) is 11.4 Å². The average Bonchev–Trinajstić information content (AvgIpc) is 2.87. The highest BCUT2D eigenvalue weighted by molar-refractivity contribution is 7.10. The fourth-order valence-corrected chi connectivity index (χ4v) is 2.73. The molecule has 2 aromatic rings. The lowest BCUT2D eigenvalue weighted by molar-refractivity contribution is -0.120. The molecule has 1 aromatic carbocycles. The monoisotopic (exact) mass is 273 g/mol. The van der Waals surface area contributed by atoms with Gasteiger partial charge in [0.05, 0.1) is 6.42 Å². The molecule has 19 heavy (non-hydrogen) atoms. The van der Waals surface area contributed by atoms with E-state index < -0.39 is 0 Å². The molecule has 2 rings (SSSR count). The number of hydrogen-bond acceptors (Lipinski definition) is 2. The van der Waals surface area contributed by atoms with E-state index in [4.69, 9.17) is 0 Å². The minimum atomic E-state index is 0.117. The Kier molecular flexibility index (Phi) is 5.16. The van der Waals surface area contributed by atoms with Crippen molar-refractivity contribution in [1.29, 1.82) is 0 Å². The number of amides is 1. The summed E-state index contributed by atoms with van der Waals surface area (Å²) in [5.74, 6) is 0.117. The van der Waals surface area contributed by atoms with Gasteiger partial charge in [0.15, 0.2) is 0 Å². The van der Waals surface area contributed by atoms with Gasteiger partial charge in [-0.25, -0.2) is 0 Å². The molecule has 0 saturated heterocycles. The number of thiophene rings is 1. The van der Waals surface area contributed by atoms with Gasteiger partial charge in [-0.05, 0) is 36.8 Å². The van der Waals surface area contributed by atoms with Crippen molar-refractivity contribution in [1.82, 2.24) is 5.32 Å². The zero-order chi connectivity index (χ0) is 13.5. The van der Waals surface area contributed by atoms with Crippen LogP contribution in [0.3, 0.4) is 0 Å². The summed E-state index contributed by atoms with van der Waals surface area (Å²) >= 11 is 1.63. The topological polar surface area (TPSA) is 29.1 Å². The molecule has 0 atom stereocenters. The Morgan fingerprint density at radius 3 is 2.89 bits per heavy atom. The summed E-state index contributed by atoms with van der Waals surface area (Å²) in [4.78, 5) is 12.8. The number of nitrogens with one attached hydrogen (secondary N) is 1. The number of carbonyl (C=O) groups is 1. The third-order valence-corrected chi connectivity index (χ3v) is 3.84. The highest BCUT2D eigenvalue weighted by atomic mass is 32.1. The van der Waals surface area contributed by atoms with Crippen molar-refractivity contribution in [2.75, 3.05) is 6.54 Å². The Balaban J connectivity index is 1.65. The van der Waals surface area contributed by atoms with Gasteiger partial charge in [0.25, 0.3) is 0 Å². The molecule has 0 spiro atoms. The molecule has 1 aromatic heterocycles. The molecule has 2 nitrogen and oxygen atoms in total. The van der Waals surface area contributed by atoms with E-state index in [1.165, 1.54) is 11.1 Å². The van der Waals surface area contributed by atoms with E-state index >= 15 is 0 Å². The Morgan fingerprint density at radius 1 is 1.26 bits per heavy atom. The molecule has 0 unspecified atom stereocenters. The van der Waals surface area contributed by atoms with Crippen LogP contribution in [-0.4, -0.2) is 12.5 Å². The van der Waals surface area contributed by atoms with E-state index in [1.54, 1.807) is 11.3 Å². The molecule has 0 aliphatic heterocycles. The summed E-state index contributed by atoms with van der Waals surface area (Å²) in [5, 5.41) is 4.97. The van der Waals surface area contributed by atoms with E-state index in [-0.39, 0.29) is 5.91 Å². The number of aryl methyl sites for hydroxylation is 2. The summed E-state index contributed by atoms with van der Waals surface area (Å²) in [6.45, 7) is 2.85. The van der Waals surface area contributed by atoms with Crippen molar-refractivity contribution in [3.05, 3.63) is 57.8 Å². The lowest BCUT2D eigenvalue weighted by Crippen LogP contribution is -2.26. The Labute approximate surface area is 118 Å². The van der Waals surface area contributed by atoms with Crippen molar-refractivity contribution in [3.8, 4) is 0 Å². The molecule has 0 fully saturated rings. The van der Waals surface area contributed by atoms with Crippen molar-refractivity contribution in [3.63, 3.8) is 0 Å². The first-order valence-electron chi connectivity index (χ1n) is 6.58. The second kappa shape index (κ2) is 7.10. The normalized spacial score (nSPS) is 10.4. The van der Waals surface area contributed by atoms with E-state index in [0.29, 0.717) is 6.42 Å². The van der Waals surface area contributed by atoms with Crippen LogP contribution < -0.4 is 5.32 Å². The molecule has 3 heteroatoms. The molecule has 0 aliphatic rings. The Hall–Kier alpha value is -1.61. The molecule has 1 heterocycles. The third kappa shape index (κ3) is 4.87. The number of benzene rings is 1. The molecular weight excluding hydrogens is 254 g/mol. The molecule has 100 valence electrons. The SMILES string of the molecule is Cc1cccc(CCCNC(=O)Cc2cccs2)c1. The Bertz CT molecular complexity index is 519. The van der Waals surface area contributed by atoms with Crippen LogP contribution in [0.5, 0.6) is 0 Å². The van der Waals surface area contributed by atoms with Crippen LogP contribution >= 0.6 is 11.3 Å². The molecular formula is C16H19NOS. The largest absolute Gasteiger partial charge is 0.356 e. The fourth-order valence-electron chi connectivity index (χ4n) is 2.02. The second-order valence-corrected chi connectivity index (χ2v) is 5.73. The first-order valence-corrected chi connectivity index (χ1v) is 7.46. The summed E-state index contributed by atoms with van der Waals surface area (Å²) in [5.41, 5.74) is 2.63. The maximum absolute atomic E-state index is 11.7. The van der Waals surface area contributed by atoms with Gasteiger partial charge < -0.3 is 5.32 Å². The fraction of sp³-hybridized carbons (Fsp3) is 0.312. The van der Waals surface area contributed by atoms with Gasteiger partial charge in [-0.15, -0.1) is 11.3 Å². The maximum Gasteiger partial charge on any atom is 0.225 e. The molecule has 0 aliphatic carbocycles. The Morgan fingerprint density at radius 2 is 2.16 bits per heavy atom. The predicted octanol–water partition coefficient (Wildman–Crippen LogP) is 3.35. The lowest BCUT2D eigenvalue weighted by atomic mass is 10.1. The minimum absolute atomic E-state index is 0.117. The zero-order valence-corrected chi connectivity index (χ0v) is 12.0. The molecule has 1 amide bonds. The molecule has 0 saturated carbocycles. The van der Waals surface area contributed by atoms with Crippen molar-refractivity contribution in [2.24, 2.45) is 0 Å². The highest BCUT2D eigenvalue weighted by Gasteiger charge is 2.03. The van der Waals surface area contributed by atoms with Gasteiger partial charge in [-0.3, -0.25) is 4.79 Å². The number of carbonyl (C=O) groups excluding carboxylic acids is 1. The predicted molar refractivity (Wildman–Crippen MR) is 80.5 cm³/mol. The van der Waals surface area contributed by atoms with Crippen molar-refractivity contribution in [2.45, 2.75) is 26.2 Å². The van der Waals surface area contributed by atoms with E-state index in [1.807, 2.05) is 17.5 Å². The maximum atomic E-state index is 11.7. The number of hydrogen-bond donors (Lipinski definition) is 1. The minimum Gasteiger partial charge on any atom is -0.356 e. The zero-order valence-electron chi connectivity index (χ0n) is 11.2. The van der Waals surface area contributed by atoms with E-state index in [9.17, 15) is 4.79 Å². The summed E-state index contributed by atoms with van der Waals surface area (Å²) < 4.78 is 0. The highest BCUT2D eigenvalue weighted by Crippen LogP contribution is 2.09. The smallest absolute Gasteiger partial charge is 0.225 e. The summed E-state index contributed by atoms with van der Waals surface area (Å²) in [7, 11) is 0. The first-order chi connectivity index (χ1) is 9.24. The first kappa shape index (κ1) is 13.8. The summed E-state index contributed by atoms with van der Waals surface area (Å²) in [6.07, 6.45) is 2.50.